The molecule has 0 aromatic carbocycles. The van der Waals surface area contributed by atoms with E-state index in [1.165, 1.54) is 0 Å². The fraction of sp³-hybridized carbons (Fsp3) is 0.200. The standard InChI is InChI=1S/C15H16N4O/c1-19-15(16)14(12-6-2-3-9-17-12)13(18-19)8-7-11-5-4-10-20-11/h2-6,9-10H,7-8,16H2,1H3. The highest BCUT2D eigenvalue weighted by Crippen LogP contribution is 2.28. The Morgan fingerprint density at radius 2 is 2.10 bits per heavy atom. The Kier molecular flexibility index (Phi) is 3.25. The van der Waals surface area contributed by atoms with Gasteiger partial charge in [0.2, 0.25) is 0 Å². The van der Waals surface area contributed by atoms with Crippen LogP contribution in [0.5, 0.6) is 0 Å². The van der Waals surface area contributed by atoms with Gasteiger partial charge in [-0.25, -0.2) is 0 Å². The van der Waals surface area contributed by atoms with Crippen LogP contribution in [-0.2, 0) is 19.9 Å². The second-order valence-electron chi connectivity index (χ2n) is 4.62. The van der Waals surface area contributed by atoms with Crippen LogP contribution in [0.2, 0.25) is 0 Å². The second kappa shape index (κ2) is 5.21. The van der Waals surface area contributed by atoms with E-state index in [9.17, 15) is 0 Å². The number of nitrogens with two attached hydrogens (primary N) is 1. The zero-order valence-corrected chi connectivity index (χ0v) is 11.3. The molecular weight excluding hydrogens is 252 g/mol. The van der Waals surface area contributed by atoms with Gasteiger partial charge < -0.3 is 10.2 Å². The van der Waals surface area contributed by atoms with E-state index in [0.29, 0.717) is 5.82 Å². The summed E-state index contributed by atoms with van der Waals surface area (Å²) in [5.74, 6) is 1.58. The average Bonchev–Trinajstić information content (AvgIpc) is 3.07. The average molecular weight is 268 g/mol. The molecule has 3 aromatic rings. The van der Waals surface area contributed by atoms with Crippen molar-refractivity contribution in [2.75, 3.05) is 5.73 Å². The number of rotatable bonds is 4. The quantitative estimate of drug-likeness (QED) is 0.789. The minimum Gasteiger partial charge on any atom is -0.469 e. The number of hydrogen-bond donors (Lipinski definition) is 1. The molecule has 0 amide bonds. The van der Waals surface area contributed by atoms with E-state index in [1.54, 1.807) is 17.1 Å². The smallest absolute Gasteiger partial charge is 0.131 e. The largest absolute Gasteiger partial charge is 0.469 e. The van der Waals surface area contributed by atoms with Crippen molar-refractivity contribution >= 4 is 5.82 Å². The van der Waals surface area contributed by atoms with E-state index in [4.69, 9.17) is 10.2 Å². The third-order valence-electron chi connectivity index (χ3n) is 3.27. The first-order valence-corrected chi connectivity index (χ1v) is 6.51. The summed E-state index contributed by atoms with van der Waals surface area (Å²) >= 11 is 0. The maximum Gasteiger partial charge on any atom is 0.131 e. The molecule has 0 saturated heterocycles. The molecule has 0 aliphatic rings. The van der Waals surface area contributed by atoms with Gasteiger partial charge in [-0.3, -0.25) is 9.67 Å². The van der Waals surface area contributed by atoms with Gasteiger partial charge in [0.15, 0.2) is 0 Å². The topological polar surface area (TPSA) is 69.9 Å². The van der Waals surface area contributed by atoms with Crippen LogP contribution >= 0.6 is 0 Å². The summed E-state index contributed by atoms with van der Waals surface area (Å²) in [5.41, 5.74) is 8.84. The van der Waals surface area contributed by atoms with Crippen molar-refractivity contribution in [2.24, 2.45) is 7.05 Å². The monoisotopic (exact) mass is 268 g/mol. The van der Waals surface area contributed by atoms with E-state index >= 15 is 0 Å². The molecular formula is C15H16N4O. The summed E-state index contributed by atoms with van der Waals surface area (Å²) in [6.45, 7) is 0. The van der Waals surface area contributed by atoms with Gasteiger partial charge in [-0.2, -0.15) is 5.10 Å². The molecule has 102 valence electrons. The summed E-state index contributed by atoms with van der Waals surface area (Å²) in [7, 11) is 1.85. The Morgan fingerprint density at radius 3 is 2.80 bits per heavy atom. The molecule has 0 radical (unpaired) electrons. The number of pyridine rings is 1. The first kappa shape index (κ1) is 12.5. The first-order valence-electron chi connectivity index (χ1n) is 6.51. The molecule has 0 saturated carbocycles. The lowest BCUT2D eigenvalue weighted by Gasteiger charge is -2.02. The fourth-order valence-electron chi connectivity index (χ4n) is 2.26. The Labute approximate surface area is 117 Å². The van der Waals surface area contributed by atoms with Crippen LogP contribution < -0.4 is 5.73 Å². The summed E-state index contributed by atoms with van der Waals surface area (Å²) in [6.07, 6.45) is 5.01. The lowest BCUT2D eigenvalue weighted by molar-refractivity contribution is 0.507. The molecule has 0 bridgehead atoms. The van der Waals surface area contributed by atoms with Crippen molar-refractivity contribution in [3.63, 3.8) is 0 Å². The van der Waals surface area contributed by atoms with Crippen molar-refractivity contribution in [3.05, 3.63) is 54.2 Å². The number of nitrogen functional groups attached to an aromatic ring is 1. The fourth-order valence-corrected chi connectivity index (χ4v) is 2.26. The molecule has 3 aromatic heterocycles. The minimum absolute atomic E-state index is 0.637. The van der Waals surface area contributed by atoms with Crippen LogP contribution in [-0.4, -0.2) is 14.8 Å². The van der Waals surface area contributed by atoms with Crippen molar-refractivity contribution in [2.45, 2.75) is 12.8 Å². The Balaban J connectivity index is 1.93. The lowest BCUT2D eigenvalue weighted by Crippen LogP contribution is -1.98. The molecule has 2 N–H and O–H groups in total. The maximum absolute atomic E-state index is 6.12. The Bertz CT molecular complexity index is 686. The molecule has 0 fully saturated rings. The van der Waals surface area contributed by atoms with Crippen molar-refractivity contribution in [3.8, 4) is 11.3 Å². The predicted octanol–water partition coefficient (Wildman–Crippen LogP) is 2.44. The number of aromatic nitrogens is 3. The molecule has 5 heteroatoms. The maximum atomic E-state index is 6.12. The number of anilines is 1. The highest BCUT2D eigenvalue weighted by molar-refractivity contribution is 5.73. The van der Waals surface area contributed by atoms with Crippen molar-refractivity contribution in [1.82, 2.24) is 14.8 Å². The number of nitrogens with zero attached hydrogens (tertiary/aromatic N) is 3. The molecule has 0 spiro atoms. The van der Waals surface area contributed by atoms with Crippen LogP contribution in [0.3, 0.4) is 0 Å². The minimum atomic E-state index is 0.637. The van der Waals surface area contributed by atoms with Gasteiger partial charge in [-0.05, 0) is 30.7 Å². The molecule has 0 aliphatic heterocycles. The molecule has 20 heavy (non-hydrogen) atoms. The summed E-state index contributed by atoms with van der Waals surface area (Å²) < 4.78 is 7.05. The van der Waals surface area contributed by atoms with E-state index in [0.717, 1.165) is 35.6 Å². The Morgan fingerprint density at radius 1 is 1.20 bits per heavy atom. The van der Waals surface area contributed by atoms with Gasteiger partial charge in [0.05, 0.1) is 23.2 Å². The van der Waals surface area contributed by atoms with E-state index in [2.05, 4.69) is 10.1 Å². The Hall–Kier alpha value is -2.56. The molecule has 5 nitrogen and oxygen atoms in total. The van der Waals surface area contributed by atoms with Gasteiger partial charge in [0.25, 0.3) is 0 Å². The van der Waals surface area contributed by atoms with Crippen LogP contribution in [0.25, 0.3) is 11.3 Å². The number of hydrogen-bond acceptors (Lipinski definition) is 4. The number of furan rings is 1. The van der Waals surface area contributed by atoms with E-state index < -0.39 is 0 Å². The van der Waals surface area contributed by atoms with Crippen LogP contribution in [0.1, 0.15) is 11.5 Å². The number of aryl methyl sites for hydroxylation is 3. The molecule has 0 aliphatic carbocycles. The molecule has 0 atom stereocenters. The SMILES string of the molecule is Cn1nc(CCc2ccco2)c(-c2ccccn2)c1N. The predicted molar refractivity (Wildman–Crippen MR) is 77.0 cm³/mol. The third kappa shape index (κ3) is 2.30. The van der Waals surface area contributed by atoms with Gasteiger partial charge in [-0.1, -0.05) is 6.07 Å². The van der Waals surface area contributed by atoms with Gasteiger partial charge in [0.1, 0.15) is 11.6 Å². The summed E-state index contributed by atoms with van der Waals surface area (Å²) in [4.78, 5) is 4.37. The lowest BCUT2D eigenvalue weighted by atomic mass is 10.1. The zero-order chi connectivity index (χ0) is 13.9. The third-order valence-corrected chi connectivity index (χ3v) is 3.27. The summed E-state index contributed by atoms with van der Waals surface area (Å²) in [6, 6.07) is 9.64. The van der Waals surface area contributed by atoms with Gasteiger partial charge in [-0.15, -0.1) is 0 Å². The first-order chi connectivity index (χ1) is 9.75. The highest BCUT2D eigenvalue weighted by Gasteiger charge is 2.16. The van der Waals surface area contributed by atoms with Crippen LogP contribution in [0.4, 0.5) is 5.82 Å². The highest BCUT2D eigenvalue weighted by atomic mass is 16.3. The van der Waals surface area contributed by atoms with E-state index in [1.807, 2.05) is 37.4 Å². The molecule has 3 rings (SSSR count). The van der Waals surface area contributed by atoms with E-state index in [-0.39, 0.29) is 0 Å². The van der Waals surface area contributed by atoms with Gasteiger partial charge in [0, 0.05) is 19.7 Å². The molecule has 3 heterocycles. The second-order valence-corrected chi connectivity index (χ2v) is 4.62. The molecule has 0 unspecified atom stereocenters. The van der Waals surface area contributed by atoms with Gasteiger partial charge >= 0.3 is 0 Å². The van der Waals surface area contributed by atoms with Crippen molar-refractivity contribution < 1.29 is 4.42 Å². The normalized spacial score (nSPS) is 10.8. The van der Waals surface area contributed by atoms with Crippen molar-refractivity contribution in [1.29, 1.82) is 0 Å². The van der Waals surface area contributed by atoms with Crippen LogP contribution in [0, 0.1) is 0 Å². The summed E-state index contributed by atoms with van der Waals surface area (Å²) in [5, 5.41) is 4.50. The van der Waals surface area contributed by atoms with Crippen LogP contribution in [0.15, 0.2) is 47.2 Å². The zero-order valence-electron chi connectivity index (χ0n) is 11.3.